The molecule has 0 bridgehead atoms. The molecule has 1 amide bonds. The van der Waals surface area contributed by atoms with Gasteiger partial charge < -0.3 is 4.90 Å². The number of rotatable bonds is 3. The summed E-state index contributed by atoms with van der Waals surface area (Å²) in [5.41, 5.74) is 2.58. The number of anilines is 1. The number of para-hydroxylation sites is 1. The van der Waals surface area contributed by atoms with Gasteiger partial charge in [0, 0.05) is 16.5 Å². The Kier molecular flexibility index (Phi) is 5.05. The normalized spacial score (nSPS) is 24.7. The molecule has 0 aliphatic carbocycles. The van der Waals surface area contributed by atoms with Crippen LogP contribution < -0.4 is 4.90 Å². The summed E-state index contributed by atoms with van der Waals surface area (Å²) in [4.78, 5) is 19.1. The highest BCUT2D eigenvalue weighted by atomic mass is 32.2. The average Bonchev–Trinajstić information content (AvgIpc) is 3.13. The molecule has 4 rings (SSSR count). The summed E-state index contributed by atoms with van der Waals surface area (Å²) in [5.74, 6) is 0.180. The lowest BCUT2D eigenvalue weighted by Gasteiger charge is -2.28. The van der Waals surface area contributed by atoms with Gasteiger partial charge in [-0.1, -0.05) is 62.0 Å². The number of hydrogen-bond donors (Lipinski definition) is 0. The van der Waals surface area contributed by atoms with E-state index in [0.717, 1.165) is 11.3 Å². The van der Waals surface area contributed by atoms with Gasteiger partial charge in [-0.25, -0.2) is 8.42 Å². The van der Waals surface area contributed by atoms with Gasteiger partial charge >= 0.3 is 0 Å². The van der Waals surface area contributed by atoms with Crippen LogP contribution in [0, 0.1) is 0 Å². The minimum Gasteiger partial charge on any atom is -0.315 e. The zero-order chi connectivity index (χ0) is 19.9. The number of fused-ring (bicyclic) bond motifs is 1. The quantitative estimate of drug-likeness (QED) is 0.766. The molecule has 7 heteroatoms. The molecule has 146 valence electrons. The minimum absolute atomic E-state index is 0.0929. The molecule has 2 aromatic carbocycles. The number of sulfone groups is 1. The van der Waals surface area contributed by atoms with Crippen molar-refractivity contribution in [2.75, 3.05) is 16.4 Å². The van der Waals surface area contributed by atoms with E-state index < -0.39 is 9.84 Å². The third-order valence-electron chi connectivity index (χ3n) is 5.10. The van der Waals surface area contributed by atoms with Crippen molar-refractivity contribution < 1.29 is 13.2 Å². The highest BCUT2D eigenvalue weighted by molar-refractivity contribution is 8.16. The number of amides is 1. The predicted molar refractivity (Wildman–Crippen MR) is 115 cm³/mol. The summed E-state index contributed by atoms with van der Waals surface area (Å²) in [6, 6.07) is 16.7. The lowest BCUT2D eigenvalue weighted by molar-refractivity contribution is 0.100. The second-order valence-corrected chi connectivity index (χ2v) is 10.8. The largest absolute Gasteiger partial charge is 0.315 e. The number of aliphatic imine (C=N–C) groups is 1. The van der Waals surface area contributed by atoms with E-state index in [4.69, 9.17) is 0 Å². The summed E-state index contributed by atoms with van der Waals surface area (Å²) in [6.07, 6.45) is 0. The minimum atomic E-state index is -3.09. The first-order chi connectivity index (χ1) is 13.4. The topological polar surface area (TPSA) is 66.8 Å². The molecule has 2 aliphatic rings. The molecule has 0 saturated carbocycles. The van der Waals surface area contributed by atoms with Gasteiger partial charge in [-0.2, -0.15) is 4.99 Å². The monoisotopic (exact) mass is 414 g/mol. The van der Waals surface area contributed by atoms with Crippen molar-refractivity contribution in [3.8, 4) is 0 Å². The van der Waals surface area contributed by atoms with Crippen molar-refractivity contribution in [1.29, 1.82) is 0 Å². The first kappa shape index (κ1) is 19.2. The van der Waals surface area contributed by atoms with Crippen LogP contribution >= 0.6 is 11.8 Å². The number of benzene rings is 2. The van der Waals surface area contributed by atoms with Crippen LogP contribution in [0.1, 0.15) is 35.7 Å². The fourth-order valence-corrected chi connectivity index (χ4v) is 7.68. The Labute approximate surface area is 169 Å². The van der Waals surface area contributed by atoms with Gasteiger partial charge in [0.1, 0.15) is 0 Å². The Balaban J connectivity index is 1.78. The number of hydrogen-bond acceptors (Lipinski definition) is 4. The number of thioether (sulfide) groups is 1. The van der Waals surface area contributed by atoms with E-state index >= 15 is 0 Å². The molecule has 0 aromatic heterocycles. The molecule has 5 nitrogen and oxygen atoms in total. The standard InChI is InChI=1S/C21H22N2O3S2/c1-14(2)16-10-6-7-11-17(16)23-18-12-28(25,26)13-19(18)27-21(23)22-20(24)15-8-4-3-5-9-15/h3-11,14,18-19H,12-13H2,1-2H3/t18-,19-/m0/s1. The van der Waals surface area contributed by atoms with Crippen molar-refractivity contribution in [2.45, 2.75) is 31.1 Å². The Bertz CT molecular complexity index is 1030. The first-order valence-electron chi connectivity index (χ1n) is 9.29. The van der Waals surface area contributed by atoms with E-state index in [9.17, 15) is 13.2 Å². The maximum atomic E-state index is 12.7. The van der Waals surface area contributed by atoms with Crippen molar-refractivity contribution in [3.05, 3.63) is 65.7 Å². The third-order valence-corrected chi connectivity index (χ3v) is 8.31. The third kappa shape index (κ3) is 3.61. The number of carbonyl (C=O) groups excluding carboxylic acids is 1. The Morgan fingerprint density at radius 3 is 2.46 bits per heavy atom. The van der Waals surface area contributed by atoms with Crippen LogP contribution in [0.5, 0.6) is 0 Å². The van der Waals surface area contributed by atoms with Crippen molar-refractivity contribution >= 4 is 38.4 Å². The first-order valence-corrected chi connectivity index (χ1v) is 12.0. The molecule has 0 unspecified atom stereocenters. The van der Waals surface area contributed by atoms with E-state index in [1.807, 2.05) is 41.3 Å². The second-order valence-electron chi connectivity index (χ2n) is 7.45. The van der Waals surface area contributed by atoms with Gasteiger partial charge in [-0.3, -0.25) is 4.79 Å². The Hall–Kier alpha value is -2.12. The summed E-state index contributed by atoms with van der Waals surface area (Å²) >= 11 is 1.41. The summed E-state index contributed by atoms with van der Waals surface area (Å²) < 4.78 is 24.5. The molecular formula is C21H22N2O3S2. The van der Waals surface area contributed by atoms with Crippen LogP contribution in [0.15, 0.2) is 59.6 Å². The molecule has 2 aromatic rings. The van der Waals surface area contributed by atoms with E-state index in [0.29, 0.717) is 10.7 Å². The van der Waals surface area contributed by atoms with Crippen LogP contribution in [-0.4, -0.2) is 42.3 Å². The lowest BCUT2D eigenvalue weighted by atomic mass is 9.99. The number of amidine groups is 1. The highest BCUT2D eigenvalue weighted by Gasteiger charge is 2.49. The molecule has 28 heavy (non-hydrogen) atoms. The van der Waals surface area contributed by atoms with E-state index in [-0.39, 0.29) is 34.6 Å². The van der Waals surface area contributed by atoms with Crippen LogP contribution in [0.4, 0.5) is 5.69 Å². The van der Waals surface area contributed by atoms with Gasteiger partial charge in [0.05, 0.1) is 17.5 Å². The van der Waals surface area contributed by atoms with Crippen LogP contribution in [-0.2, 0) is 9.84 Å². The zero-order valence-corrected chi connectivity index (χ0v) is 17.4. The van der Waals surface area contributed by atoms with Crippen molar-refractivity contribution in [1.82, 2.24) is 0 Å². The lowest BCUT2D eigenvalue weighted by Crippen LogP contribution is -2.38. The summed E-state index contributed by atoms with van der Waals surface area (Å²) in [5, 5.41) is 0.486. The SMILES string of the molecule is CC(C)c1ccccc1N1C(=NC(=O)c2ccccc2)S[C@H]2CS(=O)(=O)C[C@@H]21. The van der Waals surface area contributed by atoms with Gasteiger partial charge in [0.15, 0.2) is 15.0 Å². The summed E-state index contributed by atoms with van der Waals surface area (Å²) in [6.45, 7) is 4.22. The fourth-order valence-electron chi connectivity index (χ4n) is 3.77. The van der Waals surface area contributed by atoms with E-state index in [1.165, 1.54) is 11.8 Å². The molecule has 0 spiro atoms. The van der Waals surface area contributed by atoms with Crippen LogP contribution in [0.2, 0.25) is 0 Å². The highest BCUT2D eigenvalue weighted by Crippen LogP contribution is 2.43. The van der Waals surface area contributed by atoms with Crippen LogP contribution in [0.25, 0.3) is 0 Å². The number of nitrogens with zero attached hydrogens (tertiary/aromatic N) is 2. The van der Waals surface area contributed by atoms with E-state index in [1.54, 1.807) is 12.1 Å². The van der Waals surface area contributed by atoms with Gasteiger partial charge in [0.2, 0.25) is 0 Å². The smallest absolute Gasteiger partial charge is 0.279 e. The fraction of sp³-hybridized carbons (Fsp3) is 0.333. The second kappa shape index (κ2) is 7.37. The molecule has 2 heterocycles. The van der Waals surface area contributed by atoms with Gasteiger partial charge in [-0.05, 0) is 29.7 Å². The molecule has 0 N–H and O–H groups in total. The maximum absolute atomic E-state index is 12.7. The van der Waals surface area contributed by atoms with Crippen molar-refractivity contribution in [3.63, 3.8) is 0 Å². The molecule has 2 aliphatic heterocycles. The summed E-state index contributed by atoms with van der Waals surface area (Å²) in [7, 11) is -3.09. The molecular weight excluding hydrogens is 392 g/mol. The van der Waals surface area contributed by atoms with Gasteiger partial charge in [-0.15, -0.1) is 0 Å². The molecule has 2 fully saturated rings. The molecule has 0 radical (unpaired) electrons. The average molecular weight is 415 g/mol. The Morgan fingerprint density at radius 2 is 1.75 bits per heavy atom. The molecule has 2 atom stereocenters. The van der Waals surface area contributed by atoms with Gasteiger partial charge in [0.25, 0.3) is 5.91 Å². The zero-order valence-electron chi connectivity index (χ0n) is 15.8. The Morgan fingerprint density at radius 1 is 1.07 bits per heavy atom. The molecule has 2 saturated heterocycles. The van der Waals surface area contributed by atoms with Crippen molar-refractivity contribution in [2.24, 2.45) is 4.99 Å². The predicted octanol–water partition coefficient (Wildman–Crippen LogP) is 3.73. The van der Waals surface area contributed by atoms with E-state index in [2.05, 4.69) is 24.9 Å². The van der Waals surface area contributed by atoms with Crippen LogP contribution in [0.3, 0.4) is 0 Å². The number of carbonyl (C=O) groups is 1. The maximum Gasteiger partial charge on any atom is 0.279 e.